The summed E-state index contributed by atoms with van der Waals surface area (Å²) in [5, 5.41) is 0. The van der Waals surface area contributed by atoms with Gasteiger partial charge in [0.2, 0.25) is 0 Å². The minimum absolute atomic E-state index is 0.0261. The highest BCUT2D eigenvalue weighted by atomic mass is 16.6. The largest absolute Gasteiger partial charge is 0.486 e. The first-order valence-electron chi connectivity index (χ1n) is 8.40. The number of carbonyl (C=O) groups excluding carboxylic acids is 1. The van der Waals surface area contributed by atoms with Gasteiger partial charge in [0.25, 0.3) is 5.91 Å². The monoisotopic (exact) mass is 303 g/mol. The molecule has 1 aliphatic heterocycles. The summed E-state index contributed by atoms with van der Waals surface area (Å²) in [7, 11) is 1.88. The SMILES string of the molecule is CN(CCC1CCCCC1)C(=O)c1cccc2c1OCCO2. The van der Waals surface area contributed by atoms with Crippen molar-refractivity contribution in [1.82, 2.24) is 4.90 Å². The smallest absolute Gasteiger partial charge is 0.257 e. The molecule has 1 saturated carbocycles. The molecular weight excluding hydrogens is 278 g/mol. The highest BCUT2D eigenvalue weighted by Crippen LogP contribution is 2.34. The second-order valence-corrected chi connectivity index (χ2v) is 6.35. The predicted molar refractivity (Wildman–Crippen MR) is 85.6 cm³/mol. The van der Waals surface area contributed by atoms with Crippen molar-refractivity contribution < 1.29 is 14.3 Å². The first-order valence-corrected chi connectivity index (χ1v) is 8.40. The van der Waals surface area contributed by atoms with Crippen molar-refractivity contribution in [3.8, 4) is 11.5 Å². The van der Waals surface area contributed by atoms with Crippen molar-refractivity contribution >= 4 is 5.91 Å². The number of fused-ring (bicyclic) bond motifs is 1. The Morgan fingerprint density at radius 3 is 2.77 bits per heavy atom. The van der Waals surface area contributed by atoms with Gasteiger partial charge in [-0.2, -0.15) is 0 Å². The Morgan fingerprint density at radius 1 is 1.18 bits per heavy atom. The third-order valence-electron chi connectivity index (χ3n) is 4.74. The summed E-state index contributed by atoms with van der Waals surface area (Å²) < 4.78 is 11.2. The Bertz CT molecular complexity index is 523. The van der Waals surface area contributed by atoms with Crippen molar-refractivity contribution in [2.45, 2.75) is 38.5 Å². The van der Waals surface area contributed by atoms with Gasteiger partial charge in [-0.1, -0.05) is 38.2 Å². The highest BCUT2D eigenvalue weighted by molar-refractivity contribution is 5.97. The van der Waals surface area contributed by atoms with Crippen LogP contribution in [0.1, 0.15) is 48.9 Å². The van der Waals surface area contributed by atoms with Gasteiger partial charge in [-0.05, 0) is 24.5 Å². The van der Waals surface area contributed by atoms with E-state index in [4.69, 9.17) is 9.47 Å². The van der Waals surface area contributed by atoms with Crippen LogP contribution in [0, 0.1) is 5.92 Å². The van der Waals surface area contributed by atoms with Crippen LogP contribution < -0.4 is 9.47 Å². The molecule has 4 heteroatoms. The lowest BCUT2D eigenvalue weighted by molar-refractivity contribution is 0.0773. The molecule has 22 heavy (non-hydrogen) atoms. The molecule has 3 rings (SSSR count). The maximum Gasteiger partial charge on any atom is 0.257 e. The lowest BCUT2D eigenvalue weighted by atomic mass is 9.87. The van der Waals surface area contributed by atoms with E-state index in [-0.39, 0.29) is 5.91 Å². The summed E-state index contributed by atoms with van der Waals surface area (Å²) in [4.78, 5) is 14.5. The molecule has 1 aromatic rings. The number of amides is 1. The number of carbonyl (C=O) groups is 1. The quantitative estimate of drug-likeness (QED) is 0.854. The third kappa shape index (κ3) is 3.37. The van der Waals surface area contributed by atoms with Crippen LogP contribution in [0.3, 0.4) is 0 Å². The van der Waals surface area contributed by atoms with Crippen molar-refractivity contribution in [2.24, 2.45) is 5.92 Å². The molecule has 1 fully saturated rings. The van der Waals surface area contributed by atoms with Crippen LogP contribution in [0.2, 0.25) is 0 Å². The number of rotatable bonds is 4. The second kappa shape index (κ2) is 7.03. The van der Waals surface area contributed by atoms with E-state index in [1.165, 1.54) is 32.1 Å². The van der Waals surface area contributed by atoms with Crippen LogP contribution >= 0.6 is 0 Å². The third-order valence-corrected chi connectivity index (χ3v) is 4.74. The Balaban J connectivity index is 1.63. The molecule has 2 aliphatic rings. The first-order chi connectivity index (χ1) is 10.8. The van der Waals surface area contributed by atoms with E-state index in [0.29, 0.717) is 30.3 Å². The van der Waals surface area contributed by atoms with E-state index in [9.17, 15) is 4.79 Å². The summed E-state index contributed by atoms with van der Waals surface area (Å²) in [5.41, 5.74) is 0.614. The van der Waals surface area contributed by atoms with Crippen LogP contribution in [0.15, 0.2) is 18.2 Å². The number of hydrogen-bond acceptors (Lipinski definition) is 3. The molecule has 4 nitrogen and oxygen atoms in total. The van der Waals surface area contributed by atoms with Gasteiger partial charge in [0.05, 0.1) is 5.56 Å². The summed E-state index contributed by atoms with van der Waals surface area (Å²) in [6, 6.07) is 5.54. The Morgan fingerprint density at radius 2 is 1.95 bits per heavy atom. The number of ether oxygens (including phenoxy) is 2. The van der Waals surface area contributed by atoms with Crippen LogP contribution in [-0.4, -0.2) is 37.6 Å². The molecular formula is C18H25NO3. The molecule has 1 aromatic carbocycles. The van der Waals surface area contributed by atoms with E-state index in [1.807, 2.05) is 30.1 Å². The van der Waals surface area contributed by atoms with Crippen molar-refractivity contribution in [2.75, 3.05) is 26.8 Å². The average Bonchev–Trinajstić information content (AvgIpc) is 2.59. The molecule has 1 amide bonds. The number of hydrogen-bond donors (Lipinski definition) is 0. The lowest BCUT2D eigenvalue weighted by Gasteiger charge is -2.26. The van der Waals surface area contributed by atoms with E-state index in [0.717, 1.165) is 18.9 Å². The first kappa shape index (κ1) is 15.2. The fourth-order valence-electron chi connectivity index (χ4n) is 3.40. The lowest BCUT2D eigenvalue weighted by Crippen LogP contribution is -2.30. The zero-order valence-corrected chi connectivity index (χ0v) is 13.3. The molecule has 0 unspecified atom stereocenters. The van der Waals surface area contributed by atoms with Gasteiger partial charge in [0, 0.05) is 13.6 Å². The molecule has 0 radical (unpaired) electrons. The van der Waals surface area contributed by atoms with Crippen molar-refractivity contribution in [3.63, 3.8) is 0 Å². The van der Waals surface area contributed by atoms with Gasteiger partial charge in [-0.3, -0.25) is 4.79 Å². The molecule has 120 valence electrons. The topological polar surface area (TPSA) is 38.8 Å². The molecule has 0 atom stereocenters. The normalized spacial score (nSPS) is 18.0. The highest BCUT2D eigenvalue weighted by Gasteiger charge is 2.23. The Hall–Kier alpha value is -1.71. The molecule has 0 aromatic heterocycles. The summed E-state index contributed by atoms with van der Waals surface area (Å²) in [6.07, 6.45) is 7.81. The Labute approximate surface area is 132 Å². The number of nitrogens with zero attached hydrogens (tertiary/aromatic N) is 1. The summed E-state index contributed by atoms with van der Waals surface area (Å²) in [5.74, 6) is 2.09. The van der Waals surface area contributed by atoms with Crippen LogP contribution in [0.4, 0.5) is 0 Å². The summed E-state index contributed by atoms with van der Waals surface area (Å²) in [6.45, 7) is 1.86. The van der Waals surface area contributed by atoms with E-state index >= 15 is 0 Å². The fourth-order valence-corrected chi connectivity index (χ4v) is 3.40. The Kier molecular flexibility index (Phi) is 4.86. The zero-order chi connectivity index (χ0) is 15.4. The van der Waals surface area contributed by atoms with Gasteiger partial charge >= 0.3 is 0 Å². The van der Waals surface area contributed by atoms with Crippen molar-refractivity contribution in [1.29, 1.82) is 0 Å². The van der Waals surface area contributed by atoms with Gasteiger partial charge in [-0.25, -0.2) is 0 Å². The number of benzene rings is 1. The fraction of sp³-hybridized carbons (Fsp3) is 0.611. The van der Waals surface area contributed by atoms with E-state index < -0.39 is 0 Å². The minimum Gasteiger partial charge on any atom is -0.486 e. The molecule has 0 N–H and O–H groups in total. The molecule has 0 saturated heterocycles. The van der Waals surface area contributed by atoms with Gasteiger partial charge in [0.1, 0.15) is 13.2 Å². The molecule has 1 heterocycles. The van der Waals surface area contributed by atoms with Gasteiger partial charge in [-0.15, -0.1) is 0 Å². The molecule has 0 bridgehead atoms. The molecule has 0 spiro atoms. The van der Waals surface area contributed by atoms with Gasteiger partial charge < -0.3 is 14.4 Å². The van der Waals surface area contributed by atoms with Crippen molar-refractivity contribution in [3.05, 3.63) is 23.8 Å². The second-order valence-electron chi connectivity index (χ2n) is 6.35. The minimum atomic E-state index is 0.0261. The maximum absolute atomic E-state index is 12.7. The molecule has 1 aliphatic carbocycles. The van der Waals surface area contributed by atoms with Crippen LogP contribution in [-0.2, 0) is 0 Å². The maximum atomic E-state index is 12.7. The predicted octanol–water partition coefficient (Wildman–Crippen LogP) is 3.50. The summed E-state index contributed by atoms with van der Waals surface area (Å²) >= 11 is 0. The van der Waals surface area contributed by atoms with Gasteiger partial charge in [0.15, 0.2) is 11.5 Å². The average molecular weight is 303 g/mol. The number of para-hydroxylation sites is 1. The zero-order valence-electron chi connectivity index (χ0n) is 13.3. The standard InChI is InChI=1S/C18H25NO3/c1-19(11-10-14-6-3-2-4-7-14)18(20)15-8-5-9-16-17(15)22-13-12-21-16/h5,8-9,14H,2-4,6-7,10-13H2,1H3. The van der Waals surface area contributed by atoms with E-state index in [2.05, 4.69) is 0 Å². The van der Waals surface area contributed by atoms with Crippen LogP contribution in [0.25, 0.3) is 0 Å². The van der Waals surface area contributed by atoms with E-state index in [1.54, 1.807) is 0 Å². The van der Waals surface area contributed by atoms with Crippen LogP contribution in [0.5, 0.6) is 11.5 Å².